The Morgan fingerprint density at radius 3 is 2.00 bits per heavy atom. The minimum absolute atomic E-state index is 0.141. The summed E-state index contributed by atoms with van der Waals surface area (Å²) in [5.74, 6) is 0. The van der Waals surface area contributed by atoms with Crippen LogP contribution in [0.1, 0.15) is 20.8 Å². The Labute approximate surface area is 49.3 Å². The molecule has 0 aromatic carbocycles. The van der Waals surface area contributed by atoms with Crippen molar-refractivity contribution in [2.75, 3.05) is 0 Å². The number of nitrogens with one attached hydrogen (secondary N) is 1. The van der Waals surface area contributed by atoms with Crippen LogP contribution in [-0.2, 0) is 0 Å². The van der Waals surface area contributed by atoms with Crippen LogP contribution < -0.4 is 0 Å². The Bertz CT molecular complexity index is 98.7. The van der Waals surface area contributed by atoms with E-state index in [1.54, 1.807) is 0 Å². The van der Waals surface area contributed by atoms with Gasteiger partial charge in [0.2, 0.25) is 0 Å². The van der Waals surface area contributed by atoms with Gasteiger partial charge in [-0.1, -0.05) is 0 Å². The van der Waals surface area contributed by atoms with E-state index in [-0.39, 0.29) is 5.54 Å². The molecule has 3 nitrogen and oxygen atoms in total. The van der Waals surface area contributed by atoms with Gasteiger partial charge in [0.1, 0.15) is 6.34 Å². The minimum atomic E-state index is -0.141. The summed E-state index contributed by atoms with van der Waals surface area (Å²) in [5, 5.41) is 13.7. The van der Waals surface area contributed by atoms with Gasteiger partial charge >= 0.3 is 0 Å². The molecule has 0 saturated heterocycles. The highest BCUT2D eigenvalue weighted by atomic mass is 15.1. The average molecular weight is 113 g/mol. The standard InChI is InChI=1S/C5H11N3/c1-5(2,3)8-7-4-6/h4,6H,1-3H3. The van der Waals surface area contributed by atoms with Crippen molar-refractivity contribution in [1.82, 2.24) is 0 Å². The molecule has 0 unspecified atom stereocenters. The van der Waals surface area contributed by atoms with Crippen molar-refractivity contribution in [3.05, 3.63) is 0 Å². The number of hydrogen-bond acceptors (Lipinski definition) is 2. The summed E-state index contributed by atoms with van der Waals surface area (Å²) in [6.45, 7) is 5.79. The highest BCUT2D eigenvalue weighted by molar-refractivity contribution is 5.49. The topological polar surface area (TPSA) is 48.6 Å². The fraction of sp³-hybridized carbons (Fsp3) is 0.800. The Balaban J connectivity index is 3.69. The van der Waals surface area contributed by atoms with Crippen LogP contribution in [-0.4, -0.2) is 11.9 Å². The second-order valence-electron chi connectivity index (χ2n) is 2.52. The van der Waals surface area contributed by atoms with Crippen LogP contribution in [0, 0.1) is 5.41 Å². The van der Waals surface area contributed by atoms with Crippen molar-refractivity contribution in [2.45, 2.75) is 26.3 Å². The van der Waals surface area contributed by atoms with Crippen molar-refractivity contribution in [3.8, 4) is 0 Å². The predicted molar refractivity (Wildman–Crippen MR) is 33.4 cm³/mol. The molecule has 0 aliphatic carbocycles. The summed E-state index contributed by atoms with van der Waals surface area (Å²) < 4.78 is 0. The van der Waals surface area contributed by atoms with Crippen molar-refractivity contribution in [1.29, 1.82) is 5.41 Å². The lowest BCUT2D eigenvalue weighted by Gasteiger charge is -2.06. The molecule has 0 atom stereocenters. The first-order valence-corrected chi connectivity index (χ1v) is 2.47. The van der Waals surface area contributed by atoms with Gasteiger partial charge in [0.05, 0.1) is 5.54 Å². The molecule has 0 heterocycles. The maximum atomic E-state index is 6.50. The van der Waals surface area contributed by atoms with E-state index in [4.69, 9.17) is 5.41 Å². The van der Waals surface area contributed by atoms with Crippen LogP contribution in [0.15, 0.2) is 10.2 Å². The molecule has 0 spiro atoms. The van der Waals surface area contributed by atoms with Crippen LogP contribution >= 0.6 is 0 Å². The van der Waals surface area contributed by atoms with E-state index < -0.39 is 0 Å². The molecule has 0 rings (SSSR count). The van der Waals surface area contributed by atoms with E-state index in [9.17, 15) is 0 Å². The molecule has 8 heavy (non-hydrogen) atoms. The Morgan fingerprint density at radius 2 is 1.88 bits per heavy atom. The van der Waals surface area contributed by atoms with Crippen molar-refractivity contribution < 1.29 is 0 Å². The van der Waals surface area contributed by atoms with Gasteiger partial charge < -0.3 is 0 Å². The third kappa shape index (κ3) is 5.27. The molecule has 0 aliphatic heterocycles. The highest BCUT2D eigenvalue weighted by Crippen LogP contribution is 2.05. The van der Waals surface area contributed by atoms with Gasteiger partial charge in [-0.15, -0.1) is 5.11 Å². The molecule has 46 valence electrons. The normalized spacial score (nSPS) is 12.4. The zero-order valence-electron chi connectivity index (χ0n) is 5.47. The van der Waals surface area contributed by atoms with E-state index in [2.05, 4.69) is 10.2 Å². The van der Waals surface area contributed by atoms with E-state index in [0.29, 0.717) is 0 Å². The van der Waals surface area contributed by atoms with Crippen molar-refractivity contribution in [3.63, 3.8) is 0 Å². The van der Waals surface area contributed by atoms with Crippen LogP contribution in [0.2, 0.25) is 0 Å². The van der Waals surface area contributed by atoms with Crippen LogP contribution in [0.4, 0.5) is 0 Å². The number of azo groups is 1. The molecule has 0 fully saturated rings. The molecule has 0 aliphatic rings. The maximum Gasteiger partial charge on any atom is 0.129 e. The maximum absolute atomic E-state index is 6.50. The highest BCUT2D eigenvalue weighted by Gasteiger charge is 2.04. The first-order valence-electron chi connectivity index (χ1n) is 2.47. The van der Waals surface area contributed by atoms with Crippen molar-refractivity contribution >= 4 is 6.34 Å². The smallest absolute Gasteiger partial charge is 0.129 e. The lowest BCUT2D eigenvalue weighted by molar-refractivity contribution is 0.555. The summed E-state index contributed by atoms with van der Waals surface area (Å²) in [4.78, 5) is 0. The van der Waals surface area contributed by atoms with E-state index in [1.807, 2.05) is 20.8 Å². The first kappa shape index (κ1) is 7.27. The van der Waals surface area contributed by atoms with Crippen LogP contribution in [0.3, 0.4) is 0 Å². The third-order valence-electron chi connectivity index (χ3n) is 0.415. The van der Waals surface area contributed by atoms with Crippen LogP contribution in [0.25, 0.3) is 0 Å². The average Bonchev–Trinajstić information content (AvgIpc) is 1.59. The SMILES string of the molecule is CC(C)(C)N=NC=N. The lowest BCUT2D eigenvalue weighted by Crippen LogP contribution is -2.07. The third-order valence-corrected chi connectivity index (χ3v) is 0.415. The molecule has 0 radical (unpaired) electrons. The largest absolute Gasteiger partial charge is 0.288 e. The van der Waals surface area contributed by atoms with Gasteiger partial charge in [-0.3, -0.25) is 5.41 Å². The van der Waals surface area contributed by atoms with Gasteiger partial charge in [-0.25, -0.2) is 0 Å². The summed E-state index contributed by atoms with van der Waals surface area (Å²) in [5.41, 5.74) is -0.141. The van der Waals surface area contributed by atoms with Crippen LogP contribution in [0.5, 0.6) is 0 Å². The second kappa shape index (κ2) is 2.55. The first-order chi connectivity index (χ1) is 3.56. The molecule has 0 aromatic rings. The Morgan fingerprint density at radius 1 is 1.38 bits per heavy atom. The molecule has 0 amide bonds. The molecule has 0 aromatic heterocycles. The fourth-order valence-electron chi connectivity index (χ4n) is 0.202. The molecule has 3 heteroatoms. The molecular formula is C5H11N3. The predicted octanol–water partition coefficient (Wildman–Crippen LogP) is 1.84. The zero-order valence-corrected chi connectivity index (χ0v) is 5.47. The lowest BCUT2D eigenvalue weighted by atomic mass is 10.1. The molecular weight excluding hydrogens is 102 g/mol. The second-order valence-corrected chi connectivity index (χ2v) is 2.52. The fourth-order valence-corrected chi connectivity index (χ4v) is 0.202. The van der Waals surface area contributed by atoms with Gasteiger partial charge in [0.15, 0.2) is 0 Å². The number of rotatable bonds is 1. The van der Waals surface area contributed by atoms with E-state index >= 15 is 0 Å². The monoisotopic (exact) mass is 113 g/mol. The molecule has 1 N–H and O–H groups in total. The summed E-state index contributed by atoms with van der Waals surface area (Å²) in [7, 11) is 0. The zero-order chi connectivity index (χ0) is 6.62. The Kier molecular flexibility index (Phi) is 2.31. The Hall–Kier alpha value is -0.730. The van der Waals surface area contributed by atoms with Gasteiger partial charge in [0, 0.05) is 0 Å². The van der Waals surface area contributed by atoms with Crippen molar-refractivity contribution in [2.24, 2.45) is 10.2 Å². The summed E-state index contributed by atoms with van der Waals surface area (Å²) >= 11 is 0. The van der Waals surface area contributed by atoms with E-state index in [0.717, 1.165) is 6.34 Å². The van der Waals surface area contributed by atoms with Gasteiger partial charge in [-0.2, -0.15) is 5.11 Å². The molecule has 0 saturated carbocycles. The van der Waals surface area contributed by atoms with Gasteiger partial charge in [0.25, 0.3) is 0 Å². The number of nitrogens with zero attached hydrogens (tertiary/aromatic N) is 2. The summed E-state index contributed by atoms with van der Waals surface area (Å²) in [6.07, 6.45) is 0.936. The summed E-state index contributed by atoms with van der Waals surface area (Å²) in [6, 6.07) is 0. The van der Waals surface area contributed by atoms with Gasteiger partial charge in [-0.05, 0) is 20.8 Å². The molecule has 0 bridgehead atoms. The quantitative estimate of drug-likeness (QED) is 0.306. The van der Waals surface area contributed by atoms with E-state index in [1.165, 1.54) is 0 Å². The minimum Gasteiger partial charge on any atom is -0.288 e. The number of hydrogen-bond donors (Lipinski definition) is 1.